The minimum atomic E-state index is -3.72. The lowest BCUT2D eigenvalue weighted by Crippen LogP contribution is -2.85. The first-order chi connectivity index (χ1) is 12.9. The summed E-state index contributed by atoms with van der Waals surface area (Å²) >= 11 is 5.66. The Hall–Kier alpha value is -1.19. The lowest BCUT2D eigenvalue weighted by atomic mass is 9.14. The SMILES string of the molecule is [B]C1([B])N(C(=O)c2ccc(F)c(Cl)c2)C([B])([B])C([B])([B])C(F)(C(O)C#N)C1([B])[B]. The number of carbonyl (C=O) groups excluding carboxylic acids is 1. The van der Waals surface area contributed by atoms with Crippen LogP contribution in [0.5, 0.6) is 0 Å². The molecule has 1 aliphatic heterocycles. The molecule has 15 heteroatoms. The summed E-state index contributed by atoms with van der Waals surface area (Å²) < 4.78 is 29.4. The van der Waals surface area contributed by atoms with Gasteiger partial charge in [-0.25, -0.2) is 8.78 Å². The molecule has 1 aliphatic rings. The summed E-state index contributed by atoms with van der Waals surface area (Å²) in [5.41, 5.74) is -4.09. The first-order valence-electron chi connectivity index (χ1n) is 7.80. The lowest BCUT2D eigenvalue weighted by molar-refractivity contribution is -0.0724. The van der Waals surface area contributed by atoms with Crippen molar-refractivity contribution in [2.24, 2.45) is 0 Å². The maximum Gasteiger partial charge on any atom is 0.252 e. The van der Waals surface area contributed by atoms with E-state index in [1.807, 2.05) is 0 Å². The molecule has 0 aromatic heterocycles. The van der Waals surface area contributed by atoms with Crippen molar-refractivity contribution in [2.45, 2.75) is 32.9 Å². The molecule has 1 N–H and O–H groups in total. The van der Waals surface area contributed by atoms with E-state index in [-0.39, 0.29) is 10.5 Å². The molecule has 1 fully saturated rings. The van der Waals surface area contributed by atoms with Crippen molar-refractivity contribution < 1.29 is 18.7 Å². The molecule has 2 rings (SSSR count). The maximum absolute atomic E-state index is 16.0. The number of nitriles is 1. The van der Waals surface area contributed by atoms with Gasteiger partial charge in [-0.05, 0) is 28.9 Å². The van der Waals surface area contributed by atoms with E-state index in [2.05, 4.69) is 0 Å². The van der Waals surface area contributed by atoms with Crippen molar-refractivity contribution in [1.29, 1.82) is 5.26 Å². The molecule has 1 saturated heterocycles. The number of rotatable bonds is 2. The zero-order valence-corrected chi connectivity index (χ0v) is 15.6. The van der Waals surface area contributed by atoms with Crippen LogP contribution in [-0.2, 0) is 0 Å². The number of halogens is 3. The fourth-order valence-corrected chi connectivity index (χ4v) is 3.42. The van der Waals surface area contributed by atoms with Crippen LogP contribution in [-0.4, -0.2) is 101 Å². The molecule has 1 unspecified atom stereocenters. The third-order valence-electron chi connectivity index (χ3n) is 5.14. The minimum absolute atomic E-state index is 0.186. The Kier molecular flexibility index (Phi) is 5.74. The highest BCUT2D eigenvalue weighted by molar-refractivity contribution is 6.62. The molecule has 29 heavy (non-hydrogen) atoms. The second-order valence-corrected chi connectivity index (χ2v) is 7.31. The van der Waals surface area contributed by atoms with E-state index in [4.69, 9.17) is 79.6 Å². The van der Waals surface area contributed by atoms with Crippen LogP contribution in [0.15, 0.2) is 18.2 Å². The van der Waals surface area contributed by atoms with Crippen LogP contribution in [0.4, 0.5) is 8.78 Å². The van der Waals surface area contributed by atoms with Crippen molar-refractivity contribution in [3.05, 3.63) is 34.6 Å². The monoisotopic (exact) mass is 394 g/mol. The van der Waals surface area contributed by atoms with Crippen molar-refractivity contribution >= 4 is 80.3 Å². The van der Waals surface area contributed by atoms with Gasteiger partial charge in [-0.2, -0.15) is 5.26 Å². The zero-order valence-electron chi connectivity index (χ0n) is 14.8. The van der Waals surface area contributed by atoms with Gasteiger partial charge >= 0.3 is 0 Å². The van der Waals surface area contributed by atoms with Crippen LogP contribution in [0, 0.1) is 17.1 Å². The number of amides is 1. The van der Waals surface area contributed by atoms with E-state index < -0.39 is 49.6 Å². The molecule has 0 spiro atoms. The number of alkyl halides is 1. The molecule has 1 aromatic rings. The van der Waals surface area contributed by atoms with Crippen LogP contribution in [0.25, 0.3) is 0 Å². The van der Waals surface area contributed by atoms with Gasteiger partial charge in [0.25, 0.3) is 5.91 Å². The average Bonchev–Trinajstić information content (AvgIpc) is 2.60. The predicted octanol–water partition coefficient (Wildman–Crippen LogP) is -1.58. The third-order valence-corrected chi connectivity index (χ3v) is 5.43. The number of likely N-dealkylation sites (tertiary alicyclic amines) is 1. The number of benzene rings is 1. The normalized spacial score (nSPS) is 24.2. The molecule has 128 valence electrons. The Morgan fingerprint density at radius 2 is 1.55 bits per heavy atom. The third kappa shape index (κ3) is 2.87. The standard InChI is InChI=1S/C14H5B8ClF2N2O2/c15-11(16)10(25,8(28)4-26)12(17,18)14(21,22)27(13(11,19)20)9(29)5-1-2-7(24)6(23)3-5/h1-3,8,28H. The van der Waals surface area contributed by atoms with Gasteiger partial charge in [0.1, 0.15) is 11.5 Å². The molecule has 1 heterocycles. The maximum atomic E-state index is 16.0. The van der Waals surface area contributed by atoms with E-state index in [0.29, 0.717) is 0 Å². The first-order valence-corrected chi connectivity index (χ1v) is 8.18. The highest BCUT2D eigenvalue weighted by Crippen LogP contribution is 2.65. The van der Waals surface area contributed by atoms with Crippen molar-refractivity contribution in [3.8, 4) is 6.07 Å². The Labute approximate surface area is 182 Å². The quantitative estimate of drug-likeness (QED) is 0.487. The zero-order chi connectivity index (χ0) is 22.8. The molecule has 0 saturated carbocycles. The van der Waals surface area contributed by atoms with Crippen molar-refractivity contribution in [1.82, 2.24) is 4.90 Å². The van der Waals surface area contributed by atoms with Gasteiger partial charge in [-0.15, -0.1) is 0 Å². The highest BCUT2D eigenvalue weighted by Gasteiger charge is 2.73. The molecule has 16 radical (unpaired) electrons. The van der Waals surface area contributed by atoms with Gasteiger partial charge in [0.15, 0.2) is 6.10 Å². The summed E-state index contributed by atoms with van der Waals surface area (Å²) in [4.78, 5) is 13.3. The molecule has 0 aliphatic carbocycles. The van der Waals surface area contributed by atoms with Gasteiger partial charge in [-0.3, -0.25) is 4.79 Å². The first kappa shape index (κ1) is 24.1. The highest BCUT2D eigenvalue weighted by atomic mass is 35.5. The van der Waals surface area contributed by atoms with E-state index in [1.54, 1.807) is 0 Å². The number of hydrogen-bond donors (Lipinski definition) is 1. The Bertz CT molecular complexity index is 880. The molecule has 1 atom stereocenters. The summed E-state index contributed by atoms with van der Waals surface area (Å²) in [6, 6.07) is 3.79. The topological polar surface area (TPSA) is 64.3 Å². The van der Waals surface area contributed by atoms with Gasteiger partial charge in [0.2, 0.25) is 0 Å². The molecule has 0 bridgehead atoms. The van der Waals surface area contributed by atoms with Crippen LogP contribution < -0.4 is 0 Å². The summed E-state index contributed by atoms with van der Waals surface area (Å²) in [5.74, 6) is -2.12. The lowest BCUT2D eigenvalue weighted by Gasteiger charge is -2.75. The number of piperidine rings is 1. The second kappa shape index (κ2) is 6.92. The number of nitrogens with zero attached hydrogens (tertiary/aromatic N) is 2. The van der Waals surface area contributed by atoms with E-state index >= 15 is 4.39 Å². The fraction of sp³-hybridized carbons (Fsp3) is 0.429. The summed E-state index contributed by atoms with van der Waals surface area (Å²) in [6.45, 7) is 0. The largest absolute Gasteiger partial charge is 0.375 e. The van der Waals surface area contributed by atoms with E-state index in [1.165, 1.54) is 0 Å². The molecule has 1 aromatic carbocycles. The van der Waals surface area contributed by atoms with Gasteiger partial charge in [-0.1, -0.05) is 22.0 Å². The van der Waals surface area contributed by atoms with Crippen molar-refractivity contribution in [3.63, 3.8) is 0 Å². The molecule has 4 nitrogen and oxygen atoms in total. The van der Waals surface area contributed by atoms with Gasteiger partial charge in [0, 0.05) is 5.56 Å². The number of aliphatic hydroxyl groups is 1. The van der Waals surface area contributed by atoms with Crippen LogP contribution in [0.2, 0.25) is 15.5 Å². The Morgan fingerprint density at radius 3 is 1.93 bits per heavy atom. The fourth-order valence-electron chi connectivity index (χ4n) is 3.24. The number of aliphatic hydroxyl groups excluding tert-OH is 1. The second-order valence-electron chi connectivity index (χ2n) is 6.90. The van der Waals surface area contributed by atoms with Crippen molar-refractivity contribution in [2.75, 3.05) is 0 Å². The van der Waals surface area contributed by atoms with Gasteiger partial charge < -0.3 is 10.0 Å². The summed E-state index contributed by atoms with van der Waals surface area (Å²) in [7, 11) is 46.5. The number of hydrogen-bond acceptors (Lipinski definition) is 3. The summed E-state index contributed by atoms with van der Waals surface area (Å²) in [6.07, 6.45) is -2.71. The van der Waals surface area contributed by atoms with Crippen LogP contribution in [0.1, 0.15) is 10.4 Å². The Morgan fingerprint density at radius 1 is 1.10 bits per heavy atom. The Balaban J connectivity index is 2.80. The van der Waals surface area contributed by atoms with Crippen LogP contribution >= 0.6 is 11.6 Å². The van der Waals surface area contributed by atoms with E-state index in [9.17, 15) is 14.3 Å². The van der Waals surface area contributed by atoms with E-state index in [0.717, 1.165) is 24.3 Å². The molecular formula is C14H5B8ClF2N2O2. The molecular weight excluding hydrogens is 388 g/mol. The minimum Gasteiger partial charge on any atom is -0.375 e. The van der Waals surface area contributed by atoms with Gasteiger partial charge in [0.05, 0.1) is 73.9 Å². The van der Waals surface area contributed by atoms with Crippen LogP contribution in [0.3, 0.4) is 0 Å². The molecule has 1 amide bonds. The average molecular weight is 393 g/mol. The predicted molar refractivity (Wildman–Crippen MR) is 110 cm³/mol. The smallest absolute Gasteiger partial charge is 0.252 e. The summed E-state index contributed by atoms with van der Waals surface area (Å²) in [5, 5.41) is 6.16. The number of carbonyl (C=O) groups is 1.